The first-order valence-corrected chi connectivity index (χ1v) is 8.61. The Morgan fingerprint density at radius 3 is 2.65 bits per heavy atom. The van der Waals surface area contributed by atoms with Crippen molar-refractivity contribution in [2.75, 3.05) is 16.8 Å². The van der Waals surface area contributed by atoms with E-state index in [-0.39, 0.29) is 23.4 Å². The summed E-state index contributed by atoms with van der Waals surface area (Å²) < 4.78 is 13.2. The normalized spacial score (nSPS) is 16.7. The summed E-state index contributed by atoms with van der Waals surface area (Å²) in [6.45, 7) is 4.41. The predicted molar refractivity (Wildman–Crippen MR) is 100 cm³/mol. The number of hydrogen-bond donors (Lipinski definition) is 2. The lowest BCUT2D eigenvalue weighted by molar-refractivity contribution is -0.117. The summed E-state index contributed by atoms with van der Waals surface area (Å²) in [7, 11) is 0. The molecule has 2 aromatic carbocycles. The second-order valence-electron chi connectivity index (χ2n) is 6.40. The van der Waals surface area contributed by atoms with Gasteiger partial charge in [0, 0.05) is 24.3 Å². The average molecular weight is 376 g/mol. The summed E-state index contributed by atoms with van der Waals surface area (Å²) in [6, 6.07) is 9.01. The van der Waals surface area contributed by atoms with Crippen molar-refractivity contribution in [2.45, 2.75) is 26.3 Å². The smallest absolute Gasteiger partial charge is 0.319 e. The van der Waals surface area contributed by atoms with Gasteiger partial charge in [0.05, 0.1) is 11.1 Å². The topological polar surface area (TPSA) is 61.4 Å². The molecule has 5 nitrogen and oxygen atoms in total. The van der Waals surface area contributed by atoms with E-state index in [4.69, 9.17) is 11.6 Å². The number of nitrogens with one attached hydrogen (secondary N) is 2. The first kappa shape index (κ1) is 18.2. The maximum Gasteiger partial charge on any atom is 0.319 e. The molecule has 1 saturated heterocycles. The Balaban J connectivity index is 1.62. The van der Waals surface area contributed by atoms with Crippen molar-refractivity contribution < 1.29 is 14.0 Å². The first-order chi connectivity index (χ1) is 12.3. The molecule has 26 heavy (non-hydrogen) atoms. The molecule has 0 aliphatic carbocycles. The number of aryl methyl sites for hydroxylation is 2. The molecular formula is C19H19ClFN3O2. The molecule has 0 aromatic heterocycles. The van der Waals surface area contributed by atoms with Crippen molar-refractivity contribution in [3.63, 3.8) is 0 Å². The zero-order valence-electron chi connectivity index (χ0n) is 14.5. The van der Waals surface area contributed by atoms with Crippen LogP contribution in [0.4, 0.5) is 20.6 Å². The Morgan fingerprint density at radius 2 is 1.96 bits per heavy atom. The standard InChI is InChI=1S/C19H19ClFN3O2/c1-11-3-5-15(7-12(11)2)24-10-14(9-18(24)25)23-19(26)22-13-4-6-17(21)16(20)8-13/h3-8,14H,9-10H2,1-2H3,(H2,22,23,26)/t14-/m0/s1. The van der Waals surface area contributed by atoms with Crippen LogP contribution in [0.25, 0.3) is 0 Å². The second-order valence-corrected chi connectivity index (χ2v) is 6.81. The van der Waals surface area contributed by atoms with E-state index in [1.54, 1.807) is 4.90 Å². The van der Waals surface area contributed by atoms with Crippen LogP contribution >= 0.6 is 11.6 Å². The minimum Gasteiger partial charge on any atom is -0.333 e. The van der Waals surface area contributed by atoms with Crippen molar-refractivity contribution in [1.82, 2.24) is 5.32 Å². The van der Waals surface area contributed by atoms with Crippen LogP contribution < -0.4 is 15.5 Å². The Hall–Kier alpha value is -2.60. The summed E-state index contributed by atoms with van der Waals surface area (Å²) in [5.74, 6) is -0.591. The van der Waals surface area contributed by atoms with Crippen LogP contribution in [0.3, 0.4) is 0 Å². The SMILES string of the molecule is Cc1ccc(N2C[C@@H](NC(=O)Nc3ccc(F)c(Cl)c3)CC2=O)cc1C. The minimum atomic E-state index is -0.553. The van der Waals surface area contributed by atoms with E-state index in [9.17, 15) is 14.0 Å². The van der Waals surface area contributed by atoms with Crippen LogP contribution in [0, 0.1) is 19.7 Å². The fourth-order valence-corrected chi connectivity index (χ4v) is 3.05. The molecule has 3 rings (SSSR count). The van der Waals surface area contributed by atoms with E-state index in [1.165, 1.54) is 18.2 Å². The maximum atomic E-state index is 13.2. The van der Waals surface area contributed by atoms with Crippen molar-refractivity contribution in [2.24, 2.45) is 0 Å². The van der Waals surface area contributed by atoms with Gasteiger partial charge in [0.1, 0.15) is 5.82 Å². The Labute approximate surface area is 156 Å². The molecule has 7 heteroatoms. The van der Waals surface area contributed by atoms with E-state index in [2.05, 4.69) is 10.6 Å². The third-order valence-electron chi connectivity index (χ3n) is 4.44. The van der Waals surface area contributed by atoms with E-state index in [0.717, 1.165) is 16.8 Å². The third kappa shape index (κ3) is 3.96. The Morgan fingerprint density at radius 1 is 1.19 bits per heavy atom. The summed E-state index contributed by atoms with van der Waals surface area (Å²) in [5, 5.41) is 5.29. The summed E-state index contributed by atoms with van der Waals surface area (Å²) >= 11 is 5.70. The summed E-state index contributed by atoms with van der Waals surface area (Å²) in [5.41, 5.74) is 3.47. The zero-order chi connectivity index (χ0) is 18.8. The molecular weight excluding hydrogens is 357 g/mol. The van der Waals surface area contributed by atoms with Crippen LogP contribution in [-0.2, 0) is 4.79 Å². The zero-order valence-corrected chi connectivity index (χ0v) is 15.2. The first-order valence-electron chi connectivity index (χ1n) is 8.23. The Bertz CT molecular complexity index is 872. The van der Waals surface area contributed by atoms with Crippen molar-refractivity contribution >= 4 is 34.9 Å². The highest BCUT2D eigenvalue weighted by molar-refractivity contribution is 6.31. The average Bonchev–Trinajstić information content (AvgIpc) is 2.93. The number of nitrogens with zero attached hydrogens (tertiary/aromatic N) is 1. The van der Waals surface area contributed by atoms with Crippen molar-refractivity contribution in [1.29, 1.82) is 0 Å². The van der Waals surface area contributed by atoms with Crippen LogP contribution in [0.1, 0.15) is 17.5 Å². The molecule has 2 N–H and O–H groups in total. The monoisotopic (exact) mass is 375 g/mol. The van der Waals surface area contributed by atoms with Gasteiger partial charge in [-0.1, -0.05) is 17.7 Å². The largest absolute Gasteiger partial charge is 0.333 e. The minimum absolute atomic E-state index is 0.0385. The van der Waals surface area contributed by atoms with Gasteiger partial charge >= 0.3 is 6.03 Å². The third-order valence-corrected chi connectivity index (χ3v) is 4.73. The number of benzene rings is 2. The molecule has 1 fully saturated rings. The van der Waals surface area contributed by atoms with Gasteiger partial charge in [-0.2, -0.15) is 0 Å². The lowest BCUT2D eigenvalue weighted by Gasteiger charge is -2.18. The van der Waals surface area contributed by atoms with Gasteiger partial charge in [-0.3, -0.25) is 4.79 Å². The quantitative estimate of drug-likeness (QED) is 0.851. The fraction of sp³-hybridized carbons (Fsp3) is 0.263. The van der Waals surface area contributed by atoms with E-state index >= 15 is 0 Å². The number of hydrogen-bond acceptors (Lipinski definition) is 2. The number of halogens is 2. The maximum absolute atomic E-state index is 13.2. The van der Waals surface area contributed by atoms with E-state index in [1.807, 2.05) is 32.0 Å². The second kappa shape index (κ2) is 7.33. The number of carbonyl (C=O) groups excluding carboxylic acids is 2. The van der Waals surface area contributed by atoms with Crippen molar-refractivity contribution in [3.05, 3.63) is 58.4 Å². The molecule has 2 aromatic rings. The highest BCUT2D eigenvalue weighted by Crippen LogP contribution is 2.24. The highest BCUT2D eigenvalue weighted by atomic mass is 35.5. The molecule has 1 atom stereocenters. The van der Waals surface area contributed by atoms with Crippen LogP contribution in [0.5, 0.6) is 0 Å². The number of anilines is 2. The molecule has 136 valence electrons. The van der Waals surface area contributed by atoms with Gasteiger partial charge in [0.2, 0.25) is 5.91 Å². The molecule has 0 saturated carbocycles. The van der Waals surface area contributed by atoms with Crippen LogP contribution in [-0.4, -0.2) is 24.5 Å². The molecule has 0 unspecified atom stereocenters. The number of amides is 3. The number of urea groups is 1. The van der Waals surface area contributed by atoms with E-state index < -0.39 is 11.8 Å². The molecule has 0 bridgehead atoms. The lowest BCUT2D eigenvalue weighted by atomic mass is 10.1. The summed E-state index contributed by atoms with van der Waals surface area (Å²) in [6.07, 6.45) is 0.227. The molecule has 0 radical (unpaired) electrons. The number of carbonyl (C=O) groups is 2. The fourth-order valence-electron chi connectivity index (χ4n) is 2.87. The van der Waals surface area contributed by atoms with Gasteiger partial charge in [0.25, 0.3) is 0 Å². The van der Waals surface area contributed by atoms with Crippen molar-refractivity contribution in [3.8, 4) is 0 Å². The van der Waals surface area contributed by atoms with Crippen LogP contribution in [0.2, 0.25) is 5.02 Å². The molecule has 0 spiro atoms. The predicted octanol–water partition coefficient (Wildman–Crippen LogP) is 4.02. The molecule has 1 aliphatic heterocycles. The highest BCUT2D eigenvalue weighted by Gasteiger charge is 2.31. The molecule has 3 amide bonds. The molecule has 1 heterocycles. The lowest BCUT2D eigenvalue weighted by Crippen LogP contribution is -2.39. The van der Waals surface area contributed by atoms with Crippen LogP contribution in [0.15, 0.2) is 36.4 Å². The Kier molecular flexibility index (Phi) is 5.13. The summed E-state index contributed by atoms with van der Waals surface area (Å²) in [4.78, 5) is 26.1. The van der Waals surface area contributed by atoms with Gasteiger partial charge in [0.15, 0.2) is 0 Å². The van der Waals surface area contributed by atoms with Gasteiger partial charge in [-0.05, 0) is 55.3 Å². The van der Waals surface area contributed by atoms with Gasteiger partial charge in [-0.25, -0.2) is 9.18 Å². The number of rotatable bonds is 3. The molecule has 1 aliphatic rings. The van der Waals surface area contributed by atoms with E-state index in [0.29, 0.717) is 12.2 Å². The van der Waals surface area contributed by atoms with Gasteiger partial charge in [-0.15, -0.1) is 0 Å². The van der Waals surface area contributed by atoms with Gasteiger partial charge < -0.3 is 15.5 Å².